The molecule has 176 valence electrons. The Morgan fingerprint density at radius 3 is 2.06 bits per heavy atom. The monoisotopic (exact) mass is 501 g/mol. The first-order valence-electron chi connectivity index (χ1n) is 11.4. The standard InChI is InChI=1S/C30H25Cl2NO2/c1-20(29(23-12-16-27(32)17-13-23)18-21-6-14-26(31)15-7-21)33-30(35)24-10-8-22(9-11-24)28-5-3-2-4-25(28)19-34/h2-17,19-20,29H,18H2,1H3,(H,33,35)/t20-,29+/m1/s1. The molecule has 35 heavy (non-hydrogen) atoms. The molecule has 4 rings (SSSR count). The largest absolute Gasteiger partial charge is 0.349 e. The zero-order chi connectivity index (χ0) is 24.8. The summed E-state index contributed by atoms with van der Waals surface area (Å²) in [5.74, 6) is -0.112. The smallest absolute Gasteiger partial charge is 0.251 e. The van der Waals surface area contributed by atoms with Crippen LogP contribution in [0.5, 0.6) is 0 Å². The predicted octanol–water partition coefficient (Wildman–Crippen LogP) is 7.62. The molecule has 0 aliphatic rings. The van der Waals surface area contributed by atoms with Crippen molar-refractivity contribution >= 4 is 35.4 Å². The number of carbonyl (C=O) groups excluding carboxylic acids is 2. The normalized spacial score (nSPS) is 12.5. The number of hydrogen-bond donors (Lipinski definition) is 1. The van der Waals surface area contributed by atoms with Gasteiger partial charge in [0.1, 0.15) is 0 Å². The molecule has 4 aromatic carbocycles. The van der Waals surface area contributed by atoms with Crippen LogP contribution >= 0.6 is 23.2 Å². The van der Waals surface area contributed by atoms with Crippen molar-refractivity contribution in [1.82, 2.24) is 5.32 Å². The Balaban J connectivity index is 1.53. The number of rotatable bonds is 8. The first-order valence-corrected chi connectivity index (χ1v) is 12.2. The van der Waals surface area contributed by atoms with Gasteiger partial charge in [-0.1, -0.05) is 83.9 Å². The summed E-state index contributed by atoms with van der Waals surface area (Å²) >= 11 is 12.2. The third kappa shape index (κ3) is 6.19. The Kier molecular flexibility index (Phi) is 8.02. The van der Waals surface area contributed by atoms with E-state index in [1.54, 1.807) is 18.2 Å². The van der Waals surface area contributed by atoms with Crippen molar-refractivity contribution in [2.75, 3.05) is 0 Å². The van der Waals surface area contributed by atoms with E-state index in [4.69, 9.17) is 23.2 Å². The van der Waals surface area contributed by atoms with Crippen molar-refractivity contribution in [2.24, 2.45) is 0 Å². The van der Waals surface area contributed by atoms with Crippen LogP contribution in [0.3, 0.4) is 0 Å². The Morgan fingerprint density at radius 2 is 1.43 bits per heavy atom. The number of aldehydes is 1. The molecule has 0 heterocycles. The van der Waals surface area contributed by atoms with Gasteiger partial charge in [-0.05, 0) is 72.0 Å². The molecule has 0 aliphatic carbocycles. The van der Waals surface area contributed by atoms with Gasteiger partial charge >= 0.3 is 0 Å². The van der Waals surface area contributed by atoms with Crippen LogP contribution in [0.25, 0.3) is 11.1 Å². The summed E-state index contributed by atoms with van der Waals surface area (Å²) in [7, 11) is 0. The molecular weight excluding hydrogens is 477 g/mol. The van der Waals surface area contributed by atoms with Crippen molar-refractivity contribution < 1.29 is 9.59 Å². The molecule has 0 saturated heterocycles. The second-order valence-corrected chi connectivity index (χ2v) is 9.41. The second-order valence-electron chi connectivity index (χ2n) is 8.53. The minimum Gasteiger partial charge on any atom is -0.349 e. The highest BCUT2D eigenvalue weighted by Gasteiger charge is 2.22. The molecule has 0 fully saturated rings. The number of nitrogens with one attached hydrogen (secondary N) is 1. The zero-order valence-corrected chi connectivity index (χ0v) is 20.8. The van der Waals surface area contributed by atoms with Crippen molar-refractivity contribution in [3.63, 3.8) is 0 Å². The molecule has 0 aliphatic heterocycles. The lowest BCUT2D eigenvalue weighted by atomic mass is 9.86. The molecule has 2 atom stereocenters. The Bertz CT molecular complexity index is 1300. The molecule has 0 bridgehead atoms. The van der Waals surface area contributed by atoms with E-state index in [2.05, 4.69) is 5.32 Å². The summed E-state index contributed by atoms with van der Waals surface area (Å²) < 4.78 is 0. The van der Waals surface area contributed by atoms with Crippen LogP contribution in [0.2, 0.25) is 10.0 Å². The van der Waals surface area contributed by atoms with Gasteiger partial charge in [0.05, 0.1) is 0 Å². The number of benzene rings is 4. The lowest BCUT2D eigenvalue weighted by molar-refractivity contribution is 0.0934. The SMILES string of the molecule is C[C@@H](NC(=O)c1ccc(-c2ccccc2C=O)cc1)[C@H](Cc1ccc(Cl)cc1)c1ccc(Cl)cc1. The maximum atomic E-state index is 13.1. The van der Waals surface area contributed by atoms with Gasteiger partial charge in [0, 0.05) is 33.1 Å². The van der Waals surface area contributed by atoms with Crippen LogP contribution in [-0.2, 0) is 6.42 Å². The third-order valence-corrected chi connectivity index (χ3v) is 6.68. The van der Waals surface area contributed by atoms with Gasteiger partial charge in [-0.3, -0.25) is 9.59 Å². The third-order valence-electron chi connectivity index (χ3n) is 6.18. The average Bonchev–Trinajstić information content (AvgIpc) is 2.89. The van der Waals surface area contributed by atoms with Crippen molar-refractivity contribution in [3.05, 3.63) is 129 Å². The van der Waals surface area contributed by atoms with Gasteiger partial charge < -0.3 is 5.32 Å². The summed E-state index contributed by atoms with van der Waals surface area (Å²) in [5, 5.41) is 4.53. The molecule has 1 N–H and O–H groups in total. The van der Waals surface area contributed by atoms with E-state index in [9.17, 15) is 9.59 Å². The average molecular weight is 502 g/mol. The molecule has 0 radical (unpaired) electrons. The first-order chi connectivity index (χ1) is 16.9. The summed E-state index contributed by atoms with van der Waals surface area (Å²) in [6.45, 7) is 2.02. The van der Waals surface area contributed by atoms with Crippen molar-refractivity contribution in [3.8, 4) is 11.1 Å². The van der Waals surface area contributed by atoms with Crippen molar-refractivity contribution in [1.29, 1.82) is 0 Å². The maximum Gasteiger partial charge on any atom is 0.251 e. The quantitative estimate of drug-likeness (QED) is 0.252. The number of halogens is 2. The molecule has 0 unspecified atom stereocenters. The lowest BCUT2D eigenvalue weighted by Crippen LogP contribution is -2.37. The van der Waals surface area contributed by atoms with E-state index in [1.807, 2.05) is 85.8 Å². The maximum absolute atomic E-state index is 13.1. The van der Waals surface area contributed by atoms with Crippen LogP contribution in [0.4, 0.5) is 0 Å². The zero-order valence-electron chi connectivity index (χ0n) is 19.2. The van der Waals surface area contributed by atoms with E-state index >= 15 is 0 Å². The highest BCUT2D eigenvalue weighted by molar-refractivity contribution is 6.30. The van der Waals surface area contributed by atoms with Gasteiger partial charge in [0.15, 0.2) is 6.29 Å². The first kappa shape index (κ1) is 24.7. The second kappa shape index (κ2) is 11.4. The topological polar surface area (TPSA) is 46.2 Å². The van der Waals surface area contributed by atoms with Gasteiger partial charge in [-0.15, -0.1) is 0 Å². The summed E-state index contributed by atoms with van der Waals surface area (Å²) in [5.41, 5.74) is 5.14. The van der Waals surface area contributed by atoms with Gasteiger partial charge in [0.2, 0.25) is 0 Å². The fourth-order valence-electron chi connectivity index (χ4n) is 4.22. The molecule has 4 aromatic rings. The fourth-order valence-corrected chi connectivity index (χ4v) is 4.47. The molecule has 0 aromatic heterocycles. The summed E-state index contributed by atoms with van der Waals surface area (Å²) in [4.78, 5) is 24.5. The van der Waals surface area contributed by atoms with Crippen LogP contribution in [0, 0.1) is 0 Å². The number of amides is 1. The highest BCUT2D eigenvalue weighted by atomic mass is 35.5. The van der Waals surface area contributed by atoms with Crippen LogP contribution < -0.4 is 5.32 Å². The van der Waals surface area contributed by atoms with Crippen LogP contribution in [0.15, 0.2) is 97.1 Å². The Hall–Kier alpha value is -3.40. The number of carbonyl (C=O) groups is 2. The summed E-state index contributed by atoms with van der Waals surface area (Å²) in [6.07, 6.45) is 1.58. The minimum atomic E-state index is -0.150. The number of hydrogen-bond acceptors (Lipinski definition) is 2. The van der Waals surface area contributed by atoms with E-state index in [0.29, 0.717) is 21.2 Å². The van der Waals surface area contributed by atoms with E-state index in [-0.39, 0.29) is 17.9 Å². The molecular formula is C30H25Cl2NO2. The molecule has 3 nitrogen and oxygen atoms in total. The van der Waals surface area contributed by atoms with Crippen molar-refractivity contribution in [2.45, 2.75) is 25.3 Å². The predicted molar refractivity (Wildman–Crippen MR) is 144 cm³/mol. The molecule has 1 amide bonds. The van der Waals surface area contributed by atoms with Gasteiger partial charge in [0.25, 0.3) is 5.91 Å². The lowest BCUT2D eigenvalue weighted by Gasteiger charge is -2.26. The minimum absolute atomic E-state index is 0.0381. The molecule has 0 spiro atoms. The Labute approximate surface area is 215 Å². The van der Waals surface area contributed by atoms with Gasteiger partial charge in [-0.25, -0.2) is 0 Å². The highest BCUT2D eigenvalue weighted by Crippen LogP contribution is 2.27. The molecule has 0 saturated carbocycles. The molecule has 5 heteroatoms. The van der Waals surface area contributed by atoms with Crippen LogP contribution in [0.1, 0.15) is 44.7 Å². The summed E-state index contributed by atoms with van der Waals surface area (Å²) in [6, 6.07) is 30.1. The fraction of sp³-hybridized carbons (Fsp3) is 0.133. The van der Waals surface area contributed by atoms with E-state index in [0.717, 1.165) is 35.0 Å². The Morgan fingerprint density at radius 1 is 0.829 bits per heavy atom. The van der Waals surface area contributed by atoms with Gasteiger partial charge in [-0.2, -0.15) is 0 Å². The van der Waals surface area contributed by atoms with E-state index < -0.39 is 0 Å². The van der Waals surface area contributed by atoms with E-state index in [1.165, 1.54) is 0 Å². The van der Waals surface area contributed by atoms with Crippen LogP contribution in [-0.4, -0.2) is 18.2 Å².